The molecule has 1 aliphatic carbocycles. The van der Waals surface area contributed by atoms with E-state index in [1.807, 2.05) is 30.3 Å². The number of nitrogens with one attached hydrogen (secondary N) is 1. The van der Waals surface area contributed by atoms with Crippen LogP contribution in [0.3, 0.4) is 0 Å². The van der Waals surface area contributed by atoms with E-state index in [-0.39, 0.29) is 17.9 Å². The lowest BCUT2D eigenvalue weighted by molar-refractivity contribution is -0.116. The van der Waals surface area contributed by atoms with Crippen molar-refractivity contribution in [2.45, 2.75) is 32.3 Å². The molecule has 0 bridgehead atoms. The molecule has 1 aliphatic rings. The molecule has 2 unspecified atom stereocenters. The molecule has 2 atom stereocenters. The SMILES string of the molecule is Cc1nnnn1C(=Cc1ccccc1)C(=O)NCC1CCCC1O. The van der Waals surface area contributed by atoms with Crippen LogP contribution in [0.1, 0.15) is 30.7 Å². The van der Waals surface area contributed by atoms with Crippen molar-refractivity contribution in [1.82, 2.24) is 25.5 Å². The Morgan fingerprint density at radius 1 is 1.38 bits per heavy atom. The number of carbonyl (C=O) groups is 1. The number of benzene rings is 1. The summed E-state index contributed by atoms with van der Waals surface area (Å²) in [5.74, 6) is 0.392. The van der Waals surface area contributed by atoms with E-state index in [0.717, 1.165) is 24.8 Å². The molecule has 2 aromatic rings. The zero-order valence-corrected chi connectivity index (χ0v) is 13.6. The Hall–Kier alpha value is -2.54. The standard InChI is InChI=1S/C17H21N5O2/c1-12-19-20-21-22(12)15(10-13-6-3-2-4-7-13)17(24)18-11-14-8-5-9-16(14)23/h2-4,6-7,10,14,16,23H,5,8-9,11H2,1H3,(H,18,24). The van der Waals surface area contributed by atoms with Gasteiger partial charge in [0.2, 0.25) is 0 Å². The minimum atomic E-state index is -0.332. The van der Waals surface area contributed by atoms with Crippen LogP contribution in [0.2, 0.25) is 0 Å². The van der Waals surface area contributed by atoms with Crippen LogP contribution in [0, 0.1) is 12.8 Å². The van der Waals surface area contributed by atoms with Gasteiger partial charge in [-0.3, -0.25) is 4.79 Å². The zero-order valence-electron chi connectivity index (χ0n) is 13.6. The molecule has 1 aromatic heterocycles. The van der Waals surface area contributed by atoms with E-state index in [9.17, 15) is 9.90 Å². The molecule has 0 spiro atoms. The topological polar surface area (TPSA) is 92.9 Å². The van der Waals surface area contributed by atoms with Gasteiger partial charge in [0.05, 0.1) is 6.10 Å². The molecule has 1 heterocycles. The van der Waals surface area contributed by atoms with E-state index >= 15 is 0 Å². The Morgan fingerprint density at radius 3 is 2.79 bits per heavy atom. The highest BCUT2D eigenvalue weighted by molar-refractivity contribution is 6.18. The molecule has 2 N–H and O–H groups in total. The Kier molecular flexibility index (Phi) is 5.00. The van der Waals surface area contributed by atoms with Crippen molar-refractivity contribution in [2.75, 3.05) is 6.54 Å². The highest BCUT2D eigenvalue weighted by atomic mass is 16.3. The Bertz CT molecular complexity index is 726. The van der Waals surface area contributed by atoms with Gasteiger partial charge < -0.3 is 10.4 Å². The largest absolute Gasteiger partial charge is 0.393 e. The first kappa shape index (κ1) is 16.3. The maximum absolute atomic E-state index is 12.7. The normalized spacial score (nSPS) is 21.0. The van der Waals surface area contributed by atoms with Gasteiger partial charge in [-0.1, -0.05) is 36.8 Å². The monoisotopic (exact) mass is 327 g/mol. The predicted octanol–water partition coefficient (Wildman–Crippen LogP) is 1.26. The number of aliphatic hydroxyl groups is 1. The van der Waals surface area contributed by atoms with Crippen LogP contribution in [0.25, 0.3) is 11.8 Å². The number of tetrazole rings is 1. The maximum atomic E-state index is 12.7. The van der Waals surface area contributed by atoms with E-state index in [1.54, 1.807) is 13.0 Å². The third-order valence-electron chi connectivity index (χ3n) is 4.33. The molecule has 0 saturated heterocycles. The second-order valence-corrected chi connectivity index (χ2v) is 6.05. The zero-order chi connectivity index (χ0) is 16.9. The number of aromatic nitrogens is 4. The first-order chi connectivity index (χ1) is 11.6. The maximum Gasteiger partial charge on any atom is 0.270 e. The molecule has 1 fully saturated rings. The first-order valence-electron chi connectivity index (χ1n) is 8.13. The van der Waals surface area contributed by atoms with E-state index in [0.29, 0.717) is 18.1 Å². The van der Waals surface area contributed by atoms with Crippen molar-refractivity contribution in [3.63, 3.8) is 0 Å². The second-order valence-electron chi connectivity index (χ2n) is 6.05. The Balaban J connectivity index is 1.80. The molecule has 24 heavy (non-hydrogen) atoms. The fourth-order valence-electron chi connectivity index (χ4n) is 2.95. The van der Waals surface area contributed by atoms with Gasteiger partial charge in [-0.15, -0.1) is 5.10 Å². The van der Waals surface area contributed by atoms with Crippen molar-refractivity contribution in [1.29, 1.82) is 0 Å². The van der Waals surface area contributed by atoms with Gasteiger partial charge in [-0.2, -0.15) is 4.68 Å². The quantitative estimate of drug-likeness (QED) is 0.807. The molecule has 1 saturated carbocycles. The van der Waals surface area contributed by atoms with Crippen LogP contribution < -0.4 is 5.32 Å². The van der Waals surface area contributed by atoms with Gasteiger partial charge in [-0.25, -0.2) is 0 Å². The summed E-state index contributed by atoms with van der Waals surface area (Å²) in [6.07, 6.45) is 4.16. The van der Waals surface area contributed by atoms with Crippen molar-refractivity contribution < 1.29 is 9.90 Å². The fourth-order valence-corrected chi connectivity index (χ4v) is 2.95. The summed E-state index contributed by atoms with van der Waals surface area (Å²) in [7, 11) is 0. The average Bonchev–Trinajstić information content (AvgIpc) is 3.19. The summed E-state index contributed by atoms with van der Waals surface area (Å²) in [6, 6.07) is 9.55. The van der Waals surface area contributed by atoms with Crippen molar-refractivity contribution >= 4 is 17.7 Å². The minimum absolute atomic E-state index is 0.113. The van der Waals surface area contributed by atoms with Crippen LogP contribution in [0.4, 0.5) is 0 Å². The number of carbonyl (C=O) groups excluding carboxylic acids is 1. The number of aliphatic hydroxyl groups excluding tert-OH is 1. The van der Waals surface area contributed by atoms with Gasteiger partial charge in [-0.05, 0) is 41.8 Å². The highest BCUT2D eigenvalue weighted by Crippen LogP contribution is 2.24. The van der Waals surface area contributed by atoms with Gasteiger partial charge >= 0.3 is 0 Å². The lowest BCUT2D eigenvalue weighted by Crippen LogP contribution is -2.34. The van der Waals surface area contributed by atoms with E-state index in [1.165, 1.54) is 4.68 Å². The molecular formula is C17H21N5O2. The summed E-state index contributed by atoms with van der Waals surface area (Å²) in [5.41, 5.74) is 1.25. The van der Waals surface area contributed by atoms with Gasteiger partial charge in [0.1, 0.15) is 5.70 Å². The van der Waals surface area contributed by atoms with E-state index in [2.05, 4.69) is 20.8 Å². The van der Waals surface area contributed by atoms with Crippen molar-refractivity contribution in [3.8, 4) is 0 Å². The van der Waals surface area contributed by atoms with Crippen LogP contribution in [0.15, 0.2) is 30.3 Å². The van der Waals surface area contributed by atoms with E-state index < -0.39 is 0 Å². The van der Waals surface area contributed by atoms with Gasteiger partial charge in [0.25, 0.3) is 5.91 Å². The molecular weight excluding hydrogens is 306 g/mol. The van der Waals surface area contributed by atoms with Crippen molar-refractivity contribution in [3.05, 3.63) is 41.7 Å². The summed E-state index contributed by atoms with van der Waals surface area (Å²) >= 11 is 0. The summed E-state index contributed by atoms with van der Waals surface area (Å²) < 4.78 is 1.42. The lowest BCUT2D eigenvalue weighted by atomic mass is 10.1. The summed E-state index contributed by atoms with van der Waals surface area (Å²) in [6.45, 7) is 2.19. The number of amides is 1. The Morgan fingerprint density at radius 2 is 2.17 bits per heavy atom. The van der Waals surface area contributed by atoms with E-state index in [4.69, 9.17) is 0 Å². The molecule has 1 aromatic carbocycles. The summed E-state index contributed by atoms with van der Waals surface area (Å²) in [4.78, 5) is 12.7. The third-order valence-corrected chi connectivity index (χ3v) is 4.33. The van der Waals surface area contributed by atoms with Crippen molar-refractivity contribution in [2.24, 2.45) is 5.92 Å². The molecule has 1 amide bonds. The number of rotatable bonds is 5. The third kappa shape index (κ3) is 3.68. The van der Waals surface area contributed by atoms with Crippen LogP contribution >= 0.6 is 0 Å². The Labute approximate surface area is 140 Å². The number of hydrogen-bond acceptors (Lipinski definition) is 5. The number of nitrogens with zero attached hydrogens (tertiary/aromatic N) is 4. The minimum Gasteiger partial charge on any atom is -0.393 e. The van der Waals surface area contributed by atoms with Crippen LogP contribution in [0.5, 0.6) is 0 Å². The van der Waals surface area contributed by atoms with Crippen LogP contribution in [-0.4, -0.2) is 43.9 Å². The first-order valence-corrected chi connectivity index (χ1v) is 8.13. The molecule has 7 heteroatoms. The van der Waals surface area contributed by atoms with Crippen LogP contribution in [-0.2, 0) is 4.79 Å². The number of aryl methyl sites for hydroxylation is 1. The van der Waals surface area contributed by atoms with Gasteiger partial charge in [0, 0.05) is 12.5 Å². The predicted molar refractivity (Wildman–Crippen MR) is 89.5 cm³/mol. The molecule has 0 radical (unpaired) electrons. The fraction of sp³-hybridized carbons (Fsp3) is 0.412. The lowest BCUT2D eigenvalue weighted by Gasteiger charge is -2.16. The average molecular weight is 327 g/mol. The number of hydrogen-bond donors (Lipinski definition) is 2. The molecule has 126 valence electrons. The molecule has 3 rings (SSSR count). The second kappa shape index (κ2) is 7.35. The highest BCUT2D eigenvalue weighted by Gasteiger charge is 2.26. The molecule has 0 aliphatic heterocycles. The van der Waals surface area contributed by atoms with Gasteiger partial charge in [0.15, 0.2) is 5.82 Å². The summed E-state index contributed by atoms with van der Waals surface area (Å²) in [5, 5.41) is 24.2. The smallest absolute Gasteiger partial charge is 0.270 e. The molecule has 7 nitrogen and oxygen atoms in total.